The fourth-order valence-corrected chi connectivity index (χ4v) is 2.80. The highest BCUT2D eigenvalue weighted by atomic mass is 79.9. The summed E-state index contributed by atoms with van der Waals surface area (Å²) in [7, 11) is 0. The number of hydrogen-bond acceptors (Lipinski definition) is 1. The number of benzene rings is 3. The highest BCUT2D eigenvalue weighted by molar-refractivity contribution is 9.10. The summed E-state index contributed by atoms with van der Waals surface area (Å²) in [6, 6.07) is 17.8. The van der Waals surface area contributed by atoms with E-state index in [1.54, 1.807) is 6.07 Å². The second-order valence-electron chi connectivity index (χ2n) is 4.86. The Morgan fingerprint density at radius 2 is 1.76 bits per heavy atom. The van der Waals surface area contributed by atoms with Crippen molar-refractivity contribution >= 4 is 32.5 Å². The summed E-state index contributed by atoms with van der Waals surface area (Å²) in [6.45, 7) is 0. The zero-order valence-electron chi connectivity index (χ0n) is 11.1. The first-order valence-electron chi connectivity index (χ1n) is 6.60. The van der Waals surface area contributed by atoms with Crippen molar-refractivity contribution in [3.05, 3.63) is 82.1 Å². The number of ketones is 1. The van der Waals surface area contributed by atoms with Gasteiger partial charge in [0.05, 0.1) is 0 Å². The first-order valence-corrected chi connectivity index (χ1v) is 7.39. The van der Waals surface area contributed by atoms with Crippen LogP contribution in [0.15, 0.2) is 65.1 Å². The molecule has 0 aliphatic carbocycles. The minimum absolute atomic E-state index is 0.0156. The highest BCUT2D eigenvalue weighted by Gasteiger charge is 2.12. The number of rotatable bonds is 3. The molecule has 0 heterocycles. The fraction of sp³-hybridized carbons (Fsp3) is 0.0556. The van der Waals surface area contributed by atoms with Crippen molar-refractivity contribution in [3.63, 3.8) is 0 Å². The molecule has 3 heteroatoms. The molecule has 104 valence electrons. The standard InChI is InChI=1S/C18H12BrFO/c19-17-9-8-14(20)10-13(17)11-18(21)16-7-3-5-12-4-1-2-6-15(12)16/h1-10H,11H2. The normalized spacial score (nSPS) is 10.8. The van der Waals surface area contributed by atoms with E-state index in [0.717, 1.165) is 15.2 Å². The second-order valence-corrected chi connectivity index (χ2v) is 5.72. The quantitative estimate of drug-likeness (QED) is 0.600. The summed E-state index contributed by atoms with van der Waals surface area (Å²) < 4.78 is 14.1. The van der Waals surface area contributed by atoms with Gasteiger partial charge >= 0.3 is 0 Å². The van der Waals surface area contributed by atoms with E-state index in [0.29, 0.717) is 11.1 Å². The van der Waals surface area contributed by atoms with Crippen molar-refractivity contribution in [2.24, 2.45) is 0 Å². The van der Waals surface area contributed by atoms with Gasteiger partial charge in [-0.05, 0) is 34.5 Å². The van der Waals surface area contributed by atoms with Crippen LogP contribution in [0.3, 0.4) is 0 Å². The molecule has 0 spiro atoms. The molecule has 0 saturated heterocycles. The molecule has 0 aromatic heterocycles. The third-order valence-electron chi connectivity index (χ3n) is 3.45. The molecule has 0 bridgehead atoms. The lowest BCUT2D eigenvalue weighted by Gasteiger charge is -2.07. The first-order chi connectivity index (χ1) is 10.1. The zero-order chi connectivity index (χ0) is 14.8. The summed E-state index contributed by atoms with van der Waals surface area (Å²) in [6.07, 6.45) is 0.173. The third kappa shape index (κ3) is 2.88. The van der Waals surface area contributed by atoms with Crippen LogP contribution in [0.25, 0.3) is 10.8 Å². The van der Waals surface area contributed by atoms with Crippen LogP contribution in [-0.4, -0.2) is 5.78 Å². The molecule has 0 amide bonds. The van der Waals surface area contributed by atoms with E-state index in [-0.39, 0.29) is 18.0 Å². The van der Waals surface area contributed by atoms with E-state index < -0.39 is 0 Å². The van der Waals surface area contributed by atoms with Crippen molar-refractivity contribution in [1.82, 2.24) is 0 Å². The van der Waals surface area contributed by atoms with Gasteiger partial charge in [0.25, 0.3) is 0 Å². The number of carbonyl (C=O) groups excluding carboxylic acids is 1. The summed E-state index contributed by atoms with van der Waals surface area (Å²) in [4.78, 5) is 12.5. The van der Waals surface area contributed by atoms with Gasteiger partial charge in [-0.1, -0.05) is 58.4 Å². The van der Waals surface area contributed by atoms with E-state index in [2.05, 4.69) is 15.9 Å². The Labute approximate surface area is 130 Å². The molecule has 0 atom stereocenters. The van der Waals surface area contributed by atoms with Gasteiger partial charge in [0.15, 0.2) is 5.78 Å². The summed E-state index contributed by atoms with van der Waals surface area (Å²) in [5, 5.41) is 1.96. The molecule has 0 saturated carbocycles. The molecule has 0 aliphatic heterocycles. The molecular formula is C18H12BrFO. The zero-order valence-corrected chi connectivity index (χ0v) is 12.7. The lowest BCUT2D eigenvalue weighted by molar-refractivity contribution is 0.0994. The molecule has 0 N–H and O–H groups in total. The van der Waals surface area contributed by atoms with Crippen LogP contribution in [-0.2, 0) is 6.42 Å². The molecule has 0 fully saturated rings. The van der Waals surface area contributed by atoms with Crippen molar-refractivity contribution in [2.75, 3.05) is 0 Å². The molecule has 21 heavy (non-hydrogen) atoms. The Balaban J connectivity index is 1.99. The average Bonchev–Trinajstić information content (AvgIpc) is 2.50. The van der Waals surface area contributed by atoms with Gasteiger partial charge in [0, 0.05) is 16.5 Å². The van der Waals surface area contributed by atoms with Crippen LogP contribution in [0.4, 0.5) is 4.39 Å². The number of Topliss-reactive ketones (excluding diaryl/α,β-unsaturated/α-hetero) is 1. The lowest BCUT2D eigenvalue weighted by atomic mass is 9.97. The second kappa shape index (κ2) is 5.78. The van der Waals surface area contributed by atoms with E-state index in [1.807, 2.05) is 42.5 Å². The SMILES string of the molecule is O=C(Cc1cc(F)ccc1Br)c1cccc2ccccc12. The van der Waals surface area contributed by atoms with Crippen LogP contribution in [0.2, 0.25) is 0 Å². The minimum Gasteiger partial charge on any atom is -0.294 e. The molecule has 3 aromatic carbocycles. The van der Waals surface area contributed by atoms with Crippen molar-refractivity contribution in [2.45, 2.75) is 6.42 Å². The monoisotopic (exact) mass is 342 g/mol. The lowest BCUT2D eigenvalue weighted by Crippen LogP contribution is -2.05. The van der Waals surface area contributed by atoms with Crippen molar-refractivity contribution < 1.29 is 9.18 Å². The molecule has 0 unspecified atom stereocenters. The largest absolute Gasteiger partial charge is 0.294 e. The van der Waals surface area contributed by atoms with Gasteiger partial charge in [-0.2, -0.15) is 0 Å². The molecule has 3 rings (SSSR count). The van der Waals surface area contributed by atoms with Crippen molar-refractivity contribution in [1.29, 1.82) is 0 Å². The van der Waals surface area contributed by atoms with E-state index in [1.165, 1.54) is 12.1 Å². The number of halogens is 2. The van der Waals surface area contributed by atoms with Crippen LogP contribution >= 0.6 is 15.9 Å². The van der Waals surface area contributed by atoms with E-state index in [4.69, 9.17) is 0 Å². The Bertz CT molecular complexity index is 821. The molecule has 3 aromatic rings. The Kier molecular flexibility index (Phi) is 3.84. The predicted octanol–water partition coefficient (Wildman–Crippen LogP) is 5.17. The van der Waals surface area contributed by atoms with Gasteiger partial charge in [0.2, 0.25) is 0 Å². The van der Waals surface area contributed by atoms with Gasteiger partial charge < -0.3 is 0 Å². The minimum atomic E-state index is -0.334. The fourth-order valence-electron chi connectivity index (χ4n) is 2.42. The smallest absolute Gasteiger partial charge is 0.167 e. The topological polar surface area (TPSA) is 17.1 Å². The van der Waals surface area contributed by atoms with Crippen LogP contribution in [0, 0.1) is 5.82 Å². The Morgan fingerprint density at radius 3 is 2.62 bits per heavy atom. The third-order valence-corrected chi connectivity index (χ3v) is 4.22. The number of fused-ring (bicyclic) bond motifs is 1. The first kappa shape index (κ1) is 14.0. The molecule has 1 nitrogen and oxygen atoms in total. The number of hydrogen-bond donors (Lipinski definition) is 0. The van der Waals surface area contributed by atoms with E-state index >= 15 is 0 Å². The van der Waals surface area contributed by atoms with Crippen LogP contribution in [0.1, 0.15) is 15.9 Å². The Morgan fingerprint density at radius 1 is 1.00 bits per heavy atom. The maximum atomic E-state index is 13.3. The van der Waals surface area contributed by atoms with Crippen LogP contribution < -0.4 is 0 Å². The van der Waals surface area contributed by atoms with Crippen molar-refractivity contribution in [3.8, 4) is 0 Å². The Hall–Kier alpha value is -2.00. The summed E-state index contributed by atoms with van der Waals surface area (Å²) >= 11 is 3.36. The summed E-state index contributed by atoms with van der Waals surface area (Å²) in [5.41, 5.74) is 1.33. The van der Waals surface area contributed by atoms with Crippen LogP contribution in [0.5, 0.6) is 0 Å². The van der Waals surface area contributed by atoms with Gasteiger partial charge in [-0.25, -0.2) is 4.39 Å². The van der Waals surface area contributed by atoms with Gasteiger partial charge in [-0.15, -0.1) is 0 Å². The summed E-state index contributed by atoms with van der Waals surface area (Å²) in [5.74, 6) is -0.350. The maximum Gasteiger partial charge on any atom is 0.167 e. The highest BCUT2D eigenvalue weighted by Crippen LogP contribution is 2.23. The molecule has 0 radical (unpaired) electrons. The van der Waals surface area contributed by atoms with Gasteiger partial charge in [-0.3, -0.25) is 4.79 Å². The number of carbonyl (C=O) groups is 1. The van der Waals surface area contributed by atoms with E-state index in [9.17, 15) is 9.18 Å². The molecular weight excluding hydrogens is 331 g/mol. The maximum absolute atomic E-state index is 13.3. The molecule has 0 aliphatic rings. The van der Waals surface area contributed by atoms with Gasteiger partial charge in [0.1, 0.15) is 5.82 Å². The predicted molar refractivity (Wildman–Crippen MR) is 86.1 cm³/mol. The average molecular weight is 343 g/mol.